The smallest absolute Gasteiger partial charge is 0.246 e. The molecule has 1 aromatic rings. The molecule has 0 atom stereocenters. The van der Waals surface area contributed by atoms with Crippen LogP contribution in [-0.4, -0.2) is 67.6 Å². The van der Waals surface area contributed by atoms with Gasteiger partial charge in [0.1, 0.15) is 5.75 Å². The number of carbonyl (C=O) groups is 2. The van der Waals surface area contributed by atoms with Crippen molar-refractivity contribution in [3.05, 3.63) is 35.4 Å². The minimum absolute atomic E-state index is 0.0932. The van der Waals surface area contributed by atoms with Crippen molar-refractivity contribution in [1.82, 2.24) is 9.80 Å². The number of nitrogens with zero attached hydrogens (tertiary/aromatic N) is 2. The van der Waals surface area contributed by atoms with Crippen molar-refractivity contribution in [1.29, 1.82) is 0 Å². The predicted octanol–water partition coefficient (Wildman–Crippen LogP) is 3.83. The highest BCUT2D eigenvalue weighted by Crippen LogP contribution is 2.34. The van der Waals surface area contributed by atoms with E-state index >= 15 is 0 Å². The molecule has 0 unspecified atom stereocenters. The van der Waals surface area contributed by atoms with Crippen LogP contribution in [0.25, 0.3) is 0 Å². The fourth-order valence-corrected chi connectivity index (χ4v) is 3.88. The Kier molecular flexibility index (Phi) is 8.58. The quantitative estimate of drug-likeness (QED) is 0.393. The third-order valence-electron chi connectivity index (χ3n) is 4.93. The summed E-state index contributed by atoms with van der Waals surface area (Å²) in [5, 5.41) is 0. The van der Waals surface area contributed by atoms with E-state index in [4.69, 9.17) is 4.74 Å². The number of likely N-dealkylation sites (N-methyl/N-ethyl adjacent to an activating group) is 1. The topological polar surface area (TPSA) is 49.9 Å². The molecule has 154 valence electrons. The Balaban J connectivity index is 2.21. The molecule has 2 rings (SSSR count). The van der Waals surface area contributed by atoms with Crippen molar-refractivity contribution in [3.8, 4) is 5.75 Å². The summed E-state index contributed by atoms with van der Waals surface area (Å²) in [4.78, 5) is 30.3. The van der Waals surface area contributed by atoms with Crippen LogP contribution in [0.4, 0.5) is 0 Å². The minimum Gasteiger partial charge on any atom is -0.494 e. The van der Waals surface area contributed by atoms with Gasteiger partial charge in [0.25, 0.3) is 0 Å². The van der Waals surface area contributed by atoms with Crippen LogP contribution in [-0.2, 0) is 4.79 Å². The summed E-state index contributed by atoms with van der Waals surface area (Å²) in [5.74, 6) is 0.829. The molecule has 28 heavy (non-hydrogen) atoms. The number of allylic oxidation sites excluding steroid dienone is 1. The average molecular weight is 405 g/mol. The summed E-state index contributed by atoms with van der Waals surface area (Å²) in [7, 11) is 2.06. The van der Waals surface area contributed by atoms with Gasteiger partial charge in [-0.15, -0.1) is 11.8 Å². The van der Waals surface area contributed by atoms with Gasteiger partial charge in [-0.25, -0.2) is 0 Å². The highest BCUT2D eigenvalue weighted by atomic mass is 32.2. The number of thioether (sulfide) groups is 1. The number of hydrogen-bond acceptors (Lipinski definition) is 5. The van der Waals surface area contributed by atoms with E-state index in [1.54, 1.807) is 0 Å². The van der Waals surface area contributed by atoms with Crippen LogP contribution in [0.1, 0.15) is 49.0 Å². The number of rotatable bonds is 7. The maximum atomic E-state index is 12.9. The number of amides is 1. The van der Waals surface area contributed by atoms with Gasteiger partial charge in [-0.3, -0.25) is 9.59 Å². The monoisotopic (exact) mass is 404 g/mol. The van der Waals surface area contributed by atoms with Gasteiger partial charge in [0.2, 0.25) is 5.91 Å². The summed E-state index contributed by atoms with van der Waals surface area (Å²) in [6.07, 6.45) is 5.73. The molecule has 6 heteroatoms. The Morgan fingerprint density at radius 3 is 2.57 bits per heavy atom. The van der Waals surface area contributed by atoms with Crippen LogP contribution >= 0.6 is 11.8 Å². The fourth-order valence-electron chi connectivity index (χ4n) is 3.28. The molecule has 1 heterocycles. The average Bonchev–Trinajstić information content (AvgIpc) is 2.90. The molecular weight excluding hydrogens is 372 g/mol. The molecule has 1 saturated heterocycles. The van der Waals surface area contributed by atoms with Crippen molar-refractivity contribution < 1.29 is 14.3 Å². The molecule has 0 aromatic heterocycles. The van der Waals surface area contributed by atoms with Gasteiger partial charge in [0.15, 0.2) is 5.78 Å². The van der Waals surface area contributed by atoms with Crippen molar-refractivity contribution in [2.75, 3.05) is 46.1 Å². The number of ketones is 1. The first-order valence-electron chi connectivity index (χ1n) is 9.92. The Hall–Kier alpha value is -1.79. The third-order valence-corrected chi connectivity index (χ3v) is 5.71. The lowest BCUT2D eigenvalue weighted by Crippen LogP contribution is -2.33. The summed E-state index contributed by atoms with van der Waals surface area (Å²) in [6, 6.07) is 3.86. The summed E-state index contributed by atoms with van der Waals surface area (Å²) < 4.78 is 5.77. The van der Waals surface area contributed by atoms with Crippen LogP contribution in [0.5, 0.6) is 5.75 Å². The second-order valence-corrected chi connectivity index (χ2v) is 8.21. The Morgan fingerprint density at radius 1 is 1.18 bits per heavy atom. The number of ether oxygens (including phenoxy) is 1. The van der Waals surface area contributed by atoms with Crippen molar-refractivity contribution >= 4 is 23.5 Å². The van der Waals surface area contributed by atoms with Gasteiger partial charge in [-0.2, -0.15) is 0 Å². The van der Waals surface area contributed by atoms with Crippen LogP contribution in [0.15, 0.2) is 29.2 Å². The standard InChI is InChI=1S/C22H32N2O3S/c1-6-27-20-15-21(28-5)18(14-17(20)16(2)3)19(25)8-9-22(26)24-11-7-10-23(4)12-13-24/h8-9,14-16H,6-7,10-13H2,1-5H3. The molecule has 5 nitrogen and oxygen atoms in total. The number of benzene rings is 1. The maximum Gasteiger partial charge on any atom is 0.246 e. The van der Waals surface area contributed by atoms with Crippen LogP contribution < -0.4 is 4.74 Å². The lowest BCUT2D eigenvalue weighted by molar-refractivity contribution is -0.125. The maximum absolute atomic E-state index is 12.9. The Bertz CT molecular complexity index is 731. The van der Waals surface area contributed by atoms with Crippen molar-refractivity contribution in [2.24, 2.45) is 0 Å². The van der Waals surface area contributed by atoms with Crippen LogP contribution in [0, 0.1) is 0 Å². The van der Waals surface area contributed by atoms with Gasteiger partial charge in [0, 0.05) is 36.2 Å². The Labute approximate surface area is 173 Å². The molecule has 1 fully saturated rings. The highest BCUT2D eigenvalue weighted by Gasteiger charge is 2.18. The minimum atomic E-state index is -0.144. The first-order valence-corrected chi connectivity index (χ1v) is 11.1. The zero-order valence-corrected chi connectivity index (χ0v) is 18.5. The number of hydrogen-bond donors (Lipinski definition) is 0. The summed E-state index contributed by atoms with van der Waals surface area (Å²) in [6.45, 7) is 10.00. The summed E-state index contributed by atoms with van der Waals surface area (Å²) in [5.41, 5.74) is 1.64. The van der Waals surface area contributed by atoms with E-state index in [2.05, 4.69) is 25.8 Å². The van der Waals surface area contributed by atoms with Crippen LogP contribution in [0.2, 0.25) is 0 Å². The van der Waals surface area contributed by atoms with E-state index in [1.165, 1.54) is 23.9 Å². The first-order chi connectivity index (χ1) is 13.4. The van der Waals surface area contributed by atoms with Gasteiger partial charge in [-0.05, 0) is 62.9 Å². The predicted molar refractivity (Wildman–Crippen MR) is 116 cm³/mol. The second kappa shape index (κ2) is 10.7. The molecule has 1 amide bonds. The molecule has 0 bridgehead atoms. The van der Waals surface area contributed by atoms with Gasteiger partial charge < -0.3 is 14.5 Å². The molecule has 0 radical (unpaired) electrons. The zero-order chi connectivity index (χ0) is 20.7. The lowest BCUT2D eigenvalue weighted by Gasteiger charge is -2.18. The summed E-state index contributed by atoms with van der Waals surface area (Å²) >= 11 is 1.51. The van der Waals surface area contributed by atoms with Crippen LogP contribution in [0.3, 0.4) is 0 Å². The van der Waals surface area contributed by atoms with Gasteiger partial charge >= 0.3 is 0 Å². The highest BCUT2D eigenvalue weighted by molar-refractivity contribution is 7.98. The van der Waals surface area contributed by atoms with E-state index in [9.17, 15) is 9.59 Å². The zero-order valence-electron chi connectivity index (χ0n) is 17.7. The van der Waals surface area contributed by atoms with Crippen molar-refractivity contribution in [2.45, 2.75) is 38.0 Å². The Morgan fingerprint density at radius 2 is 1.93 bits per heavy atom. The van der Waals surface area contributed by atoms with E-state index < -0.39 is 0 Å². The molecule has 1 aromatic carbocycles. The van der Waals surface area contributed by atoms with Crippen molar-refractivity contribution in [3.63, 3.8) is 0 Å². The SMILES string of the molecule is CCOc1cc(SC)c(C(=O)C=CC(=O)N2CCCN(C)CC2)cc1C(C)C. The second-order valence-electron chi connectivity index (χ2n) is 7.36. The molecule has 0 saturated carbocycles. The van der Waals surface area contributed by atoms with E-state index in [0.717, 1.165) is 42.3 Å². The lowest BCUT2D eigenvalue weighted by atomic mass is 9.97. The van der Waals surface area contributed by atoms with Gasteiger partial charge in [0.05, 0.1) is 6.61 Å². The molecular formula is C22H32N2O3S. The molecule has 0 N–H and O–H groups in total. The van der Waals surface area contributed by atoms with E-state index in [1.807, 2.05) is 30.2 Å². The fraction of sp³-hybridized carbons (Fsp3) is 0.545. The first kappa shape index (κ1) is 22.5. The molecule has 0 spiro atoms. The third kappa shape index (κ3) is 5.85. The molecule has 1 aliphatic heterocycles. The van der Waals surface area contributed by atoms with Gasteiger partial charge in [-0.1, -0.05) is 13.8 Å². The normalized spacial score (nSPS) is 15.9. The van der Waals surface area contributed by atoms with E-state index in [-0.39, 0.29) is 17.6 Å². The molecule has 1 aliphatic rings. The largest absolute Gasteiger partial charge is 0.494 e. The number of carbonyl (C=O) groups excluding carboxylic acids is 2. The molecule has 0 aliphatic carbocycles. The van der Waals surface area contributed by atoms with E-state index in [0.29, 0.717) is 18.7 Å².